The van der Waals surface area contributed by atoms with Crippen LogP contribution in [0.3, 0.4) is 0 Å². The molecule has 52 valence electrons. The van der Waals surface area contributed by atoms with E-state index in [0.29, 0.717) is 12.3 Å². The van der Waals surface area contributed by atoms with Crippen molar-refractivity contribution in [3.05, 3.63) is 0 Å². The average Bonchev–Trinajstić information content (AvgIpc) is 1.83. The molecule has 0 unspecified atom stereocenters. The molecular formula is C6H12N2O. The van der Waals surface area contributed by atoms with Crippen LogP contribution in [0.25, 0.3) is 0 Å². The molecule has 1 saturated heterocycles. The Morgan fingerprint density at radius 3 is 2.89 bits per heavy atom. The first kappa shape index (κ1) is 6.71. The van der Waals surface area contributed by atoms with Gasteiger partial charge < -0.3 is 15.8 Å². The van der Waals surface area contributed by atoms with Crippen LogP contribution in [0.5, 0.6) is 0 Å². The second-order valence-corrected chi connectivity index (χ2v) is 2.58. The Balaban J connectivity index is 2.51. The number of piperidine rings is 1. The molecule has 9 heavy (non-hydrogen) atoms. The van der Waals surface area contributed by atoms with E-state index in [1.165, 1.54) is 0 Å². The summed E-state index contributed by atoms with van der Waals surface area (Å²) >= 11 is 0. The lowest BCUT2D eigenvalue weighted by molar-refractivity contribution is 0.166. The minimum atomic E-state index is -0.508. The number of hydrogen-bond acceptors (Lipinski definition) is 3. The van der Waals surface area contributed by atoms with Gasteiger partial charge in [-0.15, -0.1) is 0 Å². The summed E-state index contributed by atoms with van der Waals surface area (Å²) in [5.41, 5.74) is 0.411. The van der Waals surface area contributed by atoms with Gasteiger partial charge in [-0.1, -0.05) is 6.92 Å². The lowest BCUT2D eigenvalue weighted by Gasteiger charge is -2.25. The van der Waals surface area contributed by atoms with Crippen molar-refractivity contribution in [2.24, 2.45) is 5.92 Å². The van der Waals surface area contributed by atoms with Gasteiger partial charge in [0.2, 0.25) is 0 Å². The van der Waals surface area contributed by atoms with Gasteiger partial charge in [-0.3, -0.25) is 0 Å². The molecule has 3 nitrogen and oxygen atoms in total. The van der Waals surface area contributed by atoms with Gasteiger partial charge in [-0.25, -0.2) is 0 Å². The molecule has 0 radical (unpaired) electrons. The predicted octanol–water partition coefficient (Wildman–Crippen LogP) is -0.394. The summed E-state index contributed by atoms with van der Waals surface area (Å²) in [4.78, 5) is 0. The van der Waals surface area contributed by atoms with E-state index in [9.17, 15) is 5.11 Å². The topological polar surface area (TPSA) is 56.1 Å². The fraction of sp³-hybridized carbons (Fsp3) is 0.833. The summed E-state index contributed by atoms with van der Waals surface area (Å²) in [6, 6.07) is 0. The van der Waals surface area contributed by atoms with Gasteiger partial charge >= 0.3 is 0 Å². The largest absolute Gasteiger partial charge is 0.387 e. The van der Waals surface area contributed by atoms with Crippen molar-refractivity contribution in [1.82, 2.24) is 5.32 Å². The molecule has 0 saturated carbocycles. The van der Waals surface area contributed by atoms with E-state index in [1.54, 1.807) is 0 Å². The quantitative estimate of drug-likeness (QED) is 0.416. The number of hydrogen-bond donors (Lipinski definition) is 3. The van der Waals surface area contributed by atoms with Gasteiger partial charge in [0.15, 0.2) is 0 Å². The zero-order chi connectivity index (χ0) is 6.85. The number of aliphatic hydroxyl groups is 1. The Labute approximate surface area is 54.6 Å². The Bertz CT molecular complexity index is 124. The normalized spacial score (nSPS) is 36.9. The Morgan fingerprint density at radius 2 is 2.44 bits per heavy atom. The third kappa shape index (κ3) is 1.28. The van der Waals surface area contributed by atoms with Crippen LogP contribution in [0.1, 0.15) is 6.92 Å². The third-order valence-corrected chi connectivity index (χ3v) is 1.68. The highest BCUT2D eigenvalue weighted by Crippen LogP contribution is 2.06. The van der Waals surface area contributed by atoms with Crippen molar-refractivity contribution in [1.29, 1.82) is 5.41 Å². The number of aliphatic hydroxyl groups excluding tert-OH is 1. The maximum atomic E-state index is 9.18. The average molecular weight is 128 g/mol. The molecule has 2 atom stereocenters. The van der Waals surface area contributed by atoms with Crippen molar-refractivity contribution >= 4 is 5.71 Å². The van der Waals surface area contributed by atoms with Gasteiger partial charge in [0.25, 0.3) is 0 Å². The van der Waals surface area contributed by atoms with Crippen LogP contribution in [0.4, 0.5) is 0 Å². The molecule has 0 aromatic heterocycles. The fourth-order valence-corrected chi connectivity index (χ4v) is 0.994. The number of rotatable bonds is 0. The zero-order valence-electron chi connectivity index (χ0n) is 5.52. The molecule has 3 heteroatoms. The van der Waals surface area contributed by atoms with Gasteiger partial charge in [-0.2, -0.15) is 0 Å². The van der Waals surface area contributed by atoms with Crippen molar-refractivity contribution in [3.8, 4) is 0 Å². The van der Waals surface area contributed by atoms with E-state index in [4.69, 9.17) is 5.41 Å². The molecule has 0 bridgehead atoms. The first-order chi connectivity index (χ1) is 4.22. The van der Waals surface area contributed by atoms with Gasteiger partial charge in [0.1, 0.15) is 0 Å². The van der Waals surface area contributed by atoms with Crippen LogP contribution in [-0.4, -0.2) is 30.0 Å². The van der Waals surface area contributed by atoms with E-state index < -0.39 is 6.10 Å². The summed E-state index contributed by atoms with van der Waals surface area (Å²) in [7, 11) is 0. The summed E-state index contributed by atoms with van der Waals surface area (Å²) in [5.74, 6) is 0.200. The Kier molecular flexibility index (Phi) is 1.83. The molecule has 0 aromatic rings. The Hall–Kier alpha value is -0.410. The van der Waals surface area contributed by atoms with Crippen molar-refractivity contribution in [2.75, 3.05) is 13.1 Å². The van der Waals surface area contributed by atoms with Crippen LogP contribution in [0, 0.1) is 11.3 Å². The van der Waals surface area contributed by atoms with Crippen molar-refractivity contribution in [2.45, 2.75) is 13.0 Å². The molecule has 0 aromatic carbocycles. The van der Waals surface area contributed by atoms with Gasteiger partial charge in [-0.05, 0) is 5.92 Å². The lowest BCUT2D eigenvalue weighted by Crippen LogP contribution is -2.45. The molecule has 3 N–H and O–H groups in total. The van der Waals surface area contributed by atoms with E-state index in [2.05, 4.69) is 5.32 Å². The van der Waals surface area contributed by atoms with Gasteiger partial charge in [0.05, 0.1) is 11.8 Å². The maximum absolute atomic E-state index is 9.18. The SMILES string of the molecule is C[C@H]1CNCC(=N)[C@@H]1O. The molecule has 1 aliphatic heterocycles. The maximum Gasteiger partial charge on any atom is 0.0964 e. The monoisotopic (exact) mass is 128 g/mol. The fourth-order valence-electron chi connectivity index (χ4n) is 0.994. The second kappa shape index (κ2) is 2.45. The third-order valence-electron chi connectivity index (χ3n) is 1.68. The summed E-state index contributed by atoms with van der Waals surface area (Å²) < 4.78 is 0. The van der Waals surface area contributed by atoms with Crippen LogP contribution >= 0.6 is 0 Å². The highest BCUT2D eigenvalue weighted by atomic mass is 16.3. The molecule has 0 spiro atoms. The summed E-state index contributed by atoms with van der Waals surface area (Å²) in [6.45, 7) is 3.31. The highest BCUT2D eigenvalue weighted by molar-refractivity contribution is 5.88. The molecule has 1 fully saturated rings. The van der Waals surface area contributed by atoms with Crippen LogP contribution < -0.4 is 5.32 Å². The van der Waals surface area contributed by atoms with E-state index in [0.717, 1.165) is 6.54 Å². The predicted molar refractivity (Wildman–Crippen MR) is 35.8 cm³/mol. The van der Waals surface area contributed by atoms with Crippen molar-refractivity contribution < 1.29 is 5.11 Å². The van der Waals surface area contributed by atoms with Crippen molar-refractivity contribution in [3.63, 3.8) is 0 Å². The lowest BCUT2D eigenvalue weighted by atomic mass is 9.97. The smallest absolute Gasteiger partial charge is 0.0964 e. The summed E-state index contributed by atoms with van der Waals surface area (Å²) in [6.07, 6.45) is -0.508. The number of nitrogens with one attached hydrogen (secondary N) is 2. The highest BCUT2D eigenvalue weighted by Gasteiger charge is 2.22. The Morgan fingerprint density at radius 1 is 1.78 bits per heavy atom. The first-order valence-electron chi connectivity index (χ1n) is 3.18. The standard InChI is InChI=1S/C6H12N2O/c1-4-2-8-3-5(7)6(4)9/h4,6-9H,2-3H2,1H3/t4-,6+/m0/s1. The zero-order valence-corrected chi connectivity index (χ0v) is 5.52. The molecular weight excluding hydrogens is 116 g/mol. The molecule has 1 rings (SSSR count). The van der Waals surface area contributed by atoms with Gasteiger partial charge in [0, 0.05) is 13.1 Å². The minimum Gasteiger partial charge on any atom is -0.387 e. The minimum absolute atomic E-state index is 0.200. The van der Waals surface area contributed by atoms with Crippen LogP contribution in [0.15, 0.2) is 0 Å². The van der Waals surface area contributed by atoms with Crippen LogP contribution in [0.2, 0.25) is 0 Å². The van der Waals surface area contributed by atoms with E-state index in [1.807, 2.05) is 6.92 Å². The first-order valence-corrected chi connectivity index (χ1v) is 3.18. The van der Waals surface area contributed by atoms with E-state index in [-0.39, 0.29) is 5.92 Å². The molecule has 1 aliphatic rings. The second-order valence-electron chi connectivity index (χ2n) is 2.58. The molecule has 1 heterocycles. The molecule has 0 amide bonds. The van der Waals surface area contributed by atoms with E-state index >= 15 is 0 Å². The molecule has 0 aliphatic carbocycles. The summed E-state index contributed by atoms with van der Waals surface area (Å²) in [5, 5.41) is 19.4. The van der Waals surface area contributed by atoms with Crippen LogP contribution in [-0.2, 0) is 0 Å².